The second kappa shape index (κ2) is 16.5. The van der Waals surface area contributed by atoms with Gasteiger partial charge < -0.3 is 5.11 Å². The van der Waals surface area contributed by atoms with E-state index in [9.17, 15) is 5.11 Å². The fourth-order valence-corrected chi connectivity index (χ4v) is 3.59. The Labute approximate surface area is 157 Å². The lowest BCUT2D eigenvalue weighted by molar-refractivity contribution is 0.474. The van der Waals surface area contributed by atoms with Gasteiger partial charge in [-0.3, -0.25) is 0 Å². The van der Waals surface area contributed by atoms with E-state index in [1.165, 1.54) is 108 Å². The normalized spacial score (nSPS) is 11.1. The Morgan fingerprint density at radius 2 is 1.04 bits per heavy atom. The molecule has 0 radical (unpaired) electrons. The molecule has 0 aliphatic rings. The summed E-state index contributed by atoms with van der Waals surface area (Å²) >= 11 is 0. The molecule has 0 heterocycles. The number of phenols is 1. The van der Waals surface area contributed by atoms with Crippen LogP contribution in [0.4, 0.5) is 0 Å². The Kier molecular flexibility index (Phi) is 14.5. The molecule has 0 fully saturated rings. The van der Waals surface area contributed by atoms with Gasteiger partial charge in [-0.2, -0.15) is 0 Å². The van der Waals surface area contributed by atoms with Gasteiger partial charge in [0.05, 0.1) is 0 Å². The SMILES string of the molecule is CCCCCCCCCCCCCCCCCCc1cccc(O)c1. The van der Waals surface area contributed by atoms with Gasteiger partial charge in [-0.25, -0.2) is 0 Å². The van der Waals surface area contributed by atoms with Gasteiger partial charge in [-0.05, 0) is 30.5 Å². The van der Waals surface area contributed by atoms with Gasteiger partial charge in [-0.15, -0.1) is 0 Å². The number of hydrogen-bond acceptors (Lipinski definition) is 1. The minimum absolute atomic E-state index is 0.397. The number of phenolic OH excluding ortho intramolecular Hbond substituents is 1. The third-order valence-corrected chi connectivity index (χ3v) is 5.23. The number of aryl methyl sites for hydroxylation is 1. The first kappa shape index (κ1) is 22.1. The molecule has 0 unspecified atom stereocenters. The Hall–Kier alpha value is -0.980. The molecule has 1 aromatic carbocycles. The van der Waals surface area contributed by atoms with Crippen molar-refractivity contribution in [2.75, 3.05) is 0 Å². The highest BCUT2D eigenvalue weighted by Gasteiger charge is 1.97. The zero-order valence-electron chi connectivity index (χ0n) is 16.8. The van der Waals surface area contributed by atoms with Crippen molar-refractivity contribution in [3.8, 4) is 5.75 Å². The summed E-state index contributed by atoms with van der Waals surface area (Å²) < 4.78 is 0. The van der Waals surface area contributed by atoms with Gasteiger partial charge in [0.15, 0.2) is 0 Å². The van der Waals surface area contributed by atoms with E-state index in [4.69, 9.17) is 0 Å². The van der Waals surface area contributed by atoms with E-state index in [1.54, 1.807) is 6.07 Å². The van der Waals surface area contributed by atoms with Crippen LogP contribution < -0.4 is 0 Å². The second-order valence-electron chi connectivity index (χ2n) is 7.72. The molecule has 25 heavy (non-hydrogen) atoms. The van der Waals surface area contributed by atoms with Crippen molar-refractivity contribution in [2.24, 2.45) is 0 Å². The third kappa shape index (κ3) is 13.9. The summed E-state index contributed by atoms with van der Waals surface area (Å²) in [6.45, 7) is 2.29. The van der Waals surface area contributed by atoms with E-state index < -0.39 is 0 Å². The fourth-order valence-electron chi connectivity index (χ4n) is 3.59. The summed E-state index contributed by atoms with van der Waals surface area (Å²) in [4.78, 5) is 0. The standard InChI is InChI=1S/C24H42O/c1-2-3-4-5-6-7-8-9-10-11-12-13-14-15-16-17-19-23-20-18-21-24(25)22-23/h18,20-22,25H,2-17,19H2,1H3. The van der Waals surface area contributed by atoms with Crippen molar-refractivity contribution < 1.29 is 5.11 Å². The molecule has 0 saturated carbocycles. The largest absolute Gasteiger partial charge is 0.508 e. The van der Waals surface area contributed by atoms with Crippen molar-refractivity contribution in [3.63, 3.8) is 0 Å². The second-order valence-corrected chi connectivity index (χ2v) is 7.72. The van der Waals surface area contributed by atoms with Gasteiger partial charge in [-0.1, -0.05) is 115 Å². The van der Waals surface area contributed by atoms with Crippen molar-refractivity contribution >= 4 is 0 Å². The molecule has 0 aromatic heterocycles. The molecular formula is C24H42O. The van der Waals surface area contributed by atoms with E-state index in [2.05, 4.69) is 13.0 Å². The zero-order chi connectivity index (χ0) is 18.0. The van der Waals surface area contributed by atoms with Crippen LogP contribution in [0.5, 0.6) is 5.75 Å². The lowest BCUT2D eigenvalue weighted by Crippen LogP contribution is -1.86. The maximum atomic E-state index is 9.45. The molecular weight excluding hydrogens is 304 g/mol. The van der Waals surface area contributed by atoms with Crippen molar-refractivity contribution in [1.29, 1.82) is 0 Å². The monoisotopic (exact) mass is 346 g/mol. The van der Waals surface area contributed by atoms with Crippen LogP contribution in [0.2, 0.25) is 0 Å². The summed E-state index contributed by atoms with van der Waals surface area (Å²) in [5, 5.41) is 9.45. The minimum Gasteiger partial charge on any atom is -0.508 e. The highest BCUT2D eigenvalue weighted by molar-refractivity contribution is 5.27. The van der Waals surface area contributed by atoms with Crippen LogP contribution in [0, 0.1) is 0 Å². The van der Waals surface area contributed by atoms with Crippen LogP contribution in [0.15, 0.2) is 24.3 Å². The average Bonchev–Trinajstić information content (AvgIpc) is 2.61. The maximum Gasteiger partial charge on any atom is 0.115 e. The smallest absolute Gasteiger partial charge is 0.115 e. The van der Waals surface area contributed by atoms with Crippen LogP contribution >= 0.6 is 0 Å². The number of hydrogen-bond donors (Lipinski definition) is 1. The quantitative estimate of drug-likeness (QED) is 0.282. The van der Waals surface area contributed by atoms with Crippen molar-refractivity contribution in [1.82, 2.24) is 0 Å². The summed E-state index contributed by atoms with van der Waals surface area (Å²) in [6.07, 6.45) is 23.7. The summed E-state index contributed by atoms with van der Waals surface area (Å²) in [5.41, 5.74) is 1.27. The Morgan fingerprint density at radius 1 is 0.600 bits per heavy atom. The van der Waals surface area contributed by atoms with E-state index in [-0.39, 0.29) is 0 Å². The van der Waals surface area contributed by atoms with Crippen LogP contribution in [0.25, 0.3) is 0 Å². The van der Waals surface area contributed by atoms with Crippen LogP contribution in [-0.4, -0.2) is 5.11 Å². The fraction of sp³-hybridized carbons (Fsp3) is 0.750. The van der Waals surface area contributed by atoms with E-state index in [0.717, 1.165) is 6.42 Å². The number of aromatic hydroxyl groups is 1. The molecule has 0 aliphatic heterocycles. The van der Waals surface area contributed by atoms with E-state index in [0.29, 0.717) is 5.75 Å². The molecule has 0 spiro atoms. The lowest BCUT2D eigenvalue weighted by atomic mass is 10.0. The molecule has 0 amide bonds. The molecule has 1 heteroatoms. The molecule has 1 aromatic rings. The molecule has 0 saturated heterocycles. The van der Waals surface area contributed by atoms with E-state index in [1.807, 2.05) is 12.1 Å². The first-order chi connectivity index (χ1) is 12.3. The topological polar surface area (TPSA) is 20.2 Å². The molecule has 0 aliphatic carbocycles. The number of rotatable bonds is 17. The molecule has 1 rings (SSSR count). The molecule has 1 nitrogen and oxygen atoms in total. The highest BCUT2D eigenvalue weighted by atomic mass is 16.3. The molecule has 144 valence electrons. The number of unbranched alkanes of at least 4 members (excludes halogenated alkanes) is 15. The Bertz CT molecular complexity index is 399. The van der Waals surface area contributed by atoms with Crippen molar-refractivity contribution in [3.05, 3.63) is 29.8 Å². The third-order valence-electron chi connectivity index (χ3n) is 5.23. The van der Waals surface area contributed by atoms with Gasteiger partial charge in [0.1, 0.15) is 5.75 Å². The Morgan fingerprint density at radius 3 is 1.48 bits per heavy atom. The van der Waals surface area contributed by atoms with Crippen LogP contribution in [0.3, 0.4) is 0 Å². The maximum absolute atomic E-state index is 9.45. The Balaban J connectivity index is 1.75. The summed E-state index contributed by atoms with van der Waals surface area (Å²) in [6, 6.07) is 7.70. The molecule has 1 N–H and O–H groups in total. The van der Waals surface area contributed by atoms with Gasteiger partial charge in [0, 0.05) is 0 Å². The first-order valence-electron chi connectivity index (χ1n) is 11.1. The first-order valence-corrected chi connectivity index (χ1v) is 11.1. The van der Waals surface area contributed by atoms with Gasteiger partial charge in [0.2, 0.25) is 0 Å². The highest BCUT2D eigenvalue weighted by Crippen LogP contribution is 2.16. The van der Waals surface area contributed by atoms with Crippen molar-refractivity contribution in [2.45, 2.75) is 116 Å². The van der Waals surface area contributed by atoms with Crippen LogP contribution in [-0.2, 0) is 6.42 Å². The predicted octanol–water partition coefficient (Wildman–Crippen LogP) is 8.20. The molecule has 0 atom stereocenters. The van der Waals surface area contributed by atoms with Crippen LogP contribution in [0.1, 0.15) is 115 Å². The minimum atomic E-state index is 0.397. The van der Waals surface area contributed by atoms with Gasteiger partial charge >= 0.3 is 0 Å². The lowest BCUT2D eigenvalue weighted by Gasteiger charge is -2.04. The summed E-state index contributed by atoms with van der Waals surface area (Å²) in [5.74, 6) is 0.397. The molecule has 0 bridgehead atoms. The predicted molar refractivity (Wildman–Crippen MR) is 111 cm³/mol. The zero-order valence-corrected chi connectivity index (χ0v) is 16.8. The number of benzene rings is 1. The van der Waals surface area contributed by atoms with Gasteiger partial charge in [0.25, 0.3) is 0 Å². The van der Waals surface area contributed by atoms with E-state index >= 15 is 0 Å². The summed E-state index contributed by atoms with van der Waals surface area (Å²) in [7, 11) is 0. The average molecular weight is 347 g/mol.